The average molecular weight is 194 g/mol. The molecule has 3 heteroatoms. The summed E-state index contributed by atoms with van der Waals surface area (Å²) in [5.74, 6) is 0.927. The summed E-state index contributed by atoms with van der Waals surface area (Å²) in [7, 11) is 0. The molecule has 0 aliphatic heterocycles. The van der Waals surface area contributed by atoms with Crippen LogP contribution in [-0.4, -0.2) is 17.8 Å². The molecule has 0 aliphatic carbocycles. The van der Waals surface area contributed by atoms with Crippen LogP contribution in [0.15, 0.2) is 18.3 Å². The number of nitrogens with one attached hydrogen (secondary N) is 1. The van der Waals surface area contributed by atoms with Gasteiger partial charge in [0.2, 0.25) is 0 Å². The third-order valence-electron chi connectivity index (χ3n) is 2.03. The van der Waals surface area contributed by atoms with Gasteiger partial charge in [0.1, 0.15) is 12.0 Å². The zero-order chi connectivity index (χ0) is 10.4. The summed E-state index contributed by atoms with van der Waals surface area (Å²) in [5, 5.41) is 3.23. The fourth-order valence-electron chi connectivity index (χ4n) is 1.34. The number of ether oxygens (including phenoxy) is 1. The van der Waals surface area contributed by atoms with Crippen molar-refractivity contribution in [3.05, 3.63) is 23.9 Å². The van der Waals surface area contributed by atoms with Gasteiger partial charge in [0.25, 0.3) is 0 Å². The maximum atomic E-state index is 5.39. The molecule has 14 heavy (non-hydrogen) atoms. The van der Waals surface area contributed by atoms with Crippen LogP contribution >= 0.6 is 0 Å². The second-order valence-corrected chi connectivity index (χ2v) is 3.11. The Morgan fingerprint density at radius 1 is 1.50 bits per heavy atom. The van der Waals surface area contributed by atoms with E-state index in [4.69, 9.17) is 4.74 Å². The highest BCUT2D eigenvalue weighted by molar-refractivity contribution is 5.43. The van der Waals surface area contributed by atoms with Gasteiger partial charge >= 0.3 is 0 Å². The van der Waals surface area contributed by atoms with Gasteiger partial charge < -0.3 is 10.1 Å². The second-order valence-electron chi connectivity index (χ2n) is 3.11. The lowest BCUT2D eigenvalue weighted by Crippen LogP contribution is -2.20. The third kappa shape index (κ3) is 3.00. The van der Waals surface area contributed by atoms with Gasteiger partial charge in [-0.25, -0.2) is 4.98 Å². The Labute approximate surface area is 85.5 Å². The highest BCUT2D eigenvalue weighted by Gasteiger charge is 2.04. The van der Waals surface area contributed by atoms with Crippen LogP contribution in [-0.2, 0) is 11.2 Å². The molecule has 0 saturated carbocycles. The fourth-order valence-corrected chi connectivity index (χ4v) is 1.34. The summed E-state index contributed by atoms with van der Waals surface area (Å²) in [6.45, 7) is 6.80. The van der Waals surface area contributed by atoms with Gasteiger partial charge in [-0.2, -0.15) is 0 Å². The SMILES string of the molecule is CCOC(C)Nc1ncccc1CC. The van der Waals surface area contributed by atoms with Crippen LogP contribution in [0.4, 0.5) is 5.82 Å². The van der Waals surface area contributed by atoms with E-state index in [1.807, 2.05) is 19.9 Å². The maximum Gasteiger partial charge on any atom is 0.131 e. The smallest absolute Gasteiger partial charge is 0.131 e. The van der Waals surface area contributed by atoms with Crippen LogP contribution in [0.25, 0.3) is 0 Å². The highest BCUT2D eigenvalue weighted by Crippen LogP contribution is 2.12. The molecule has 1 N–H and O–H groups in total. The number of hydrogen-bond acceptors (Lipinski definition) is 3. The van der Waals surface area contributed by atoms with Gasteiger partial charge in [-0.3, -0.25) is 0 Å². The van der Waals surface area contributed by atoms with Crippen molar-refractivity contribution < 1.29 is 4.74 Å². The first-order chi connectivity index (χ1) is 6.77. The molecule has 1 unspecified atom stereocenters. The molecule has 0 aromatic carbocycles. The van der Waals surface area contributed by atoms with E-state index in [1.54, 1.807) is 6.20 Å². The van der Waals surface area contributed by atoms with Gasteiger partial charge in [0.05, 0.1) is 0 Å². The van der Waals surface area contributed by atoms with Crippen LogP contribution in [0.1, 0.15) is 26.3 Å². The van der Waals surface area contributed by atoms with Gasteiger partial charge in [-0.1, -0.05) is 13.0 Å². The lowest BCUT2D eigenvalue weighted by Gasteiger charge is -2.16. The molecule has 78 valence electrons. The lowest BCUT2D eigenvalue weighted by molar-refractivity contribution is 0.0957. The molecule has 1 rings (SSSR count). The zero-order valence-corrected chi connectivity index (χ0v) is 9.08. The van der Waals surface area contributed by atoms with Crippen molar-refractivity contribution in [2.24, 2.45) is 0 Å². The molecule has 0 spiro atoms. The minimum absolute atomic E-state index is 0.0141. The number of nitrogens with zero attached hydrogens (tertiary/aromatic N) is 1. The number of pyridine rings is 1. The van der Waals surface area contributed by atoms with Crippen LogP contribution in [0.2, 0.25) is 0 Å². The van der Waals surface area contributed by atoms with Gasteiger partial charge in [-0.05, 0) is 31.9 Å². The van der Waals surface area contributed by atoms with E-state index in [0.717, 1.165) is 12.2 Å². The minimum Gasteiger partial charge on any atom is -0.359 e. The van der Waals surface area contributed by atoms with Gasteiger partial charge in [0.15, 0.2) is 0 Å². The van der Waals surface area contributed by atoms with Crippen LogP contribution in [0.3, 0.4) is 0 Å². The molecule has 1 heterocycles. The lowest BCUT2D eigenvalue weighted by atomic mass is 10.2. The quantitative estimate of drug-likeness (QED) is 0.731. The number of aryl methyl sites for hydroxylation is 1. The number of hydrogen-bond donors (Lipinski definition) is 1. The first-order valence-corrected chi connectivity index (χ1v) is 5.10. The summed E-state index contributed by atoms with van der Waals surface area (Å²) in [6, 6.07) is 4.03. The van der Waals surface area contributed by atoms with E-state index in [-0.39, 0.29) is 6.23 Å². The predicted molar refractivity (Wildman–Crippen MR) is 58.3 cm³/mol. The molecule has 3 nitrogen and oxygen atoms in total. The van der Waals surface area contributed by atoms with Crippen molar-refractivity contribution in [2.45, 2.75) is 33.4 Å². The van der Waals surface area contributed by atoms with E-state index in [0.29, 0.717) is 6.61 Å². The first kappa shape index (κ1) is 11.0. The molecule has 0 radical (unpaired) electrons. The molecular formula is C11H18N2O. The molecule has 0 saturated heterocycles. The summed E-state index contributed by atoms with van der Waals surface area (Å²) < 4.78 is 5.39. The molecular weight excluding hydrogens is 176 g/mol. The van der Waals surface area contributed by atoms with E-state index < -0.39 is 0 Å². The largest absolute Gasteiger partial charge is 0.359 e. The predicted octanol–water partition coefficient (Wildman–Crippen LogP) is 2.44. The number of rotatable bonds is 5. The van der Waals surface area contributed by atoms with Crippen molar-refractivity contribution in [3.63, 3.8) is 0 Å². The topological polar surface area (TPSA) is 34.1 Å². The molecule has 1 atom stereocenters. The fraction of sp³-hybridized carbons (Fsp3) is 0.545. The standard InChI is InChI=1S/C11H18N2O/c1-4-10-7-6-8-12-11(10)13-9(3)14-5-2/h6-9H,4-5H2,1-3H3,(H,12,13). The van der Waals surface area contributed by atoms with E-state index in [1.165, 1.54) is 5.56 Å². The van der Waals surface area contributed by atoms with Gasteiger partial charge in [0, 0.05) is 12.8 Å². The van der Waals surface area contributed by atoms with Crippen molar-refractivity contribution in [1.29, 1.82) is 0 Å². The average Bonchev–Trinajstić information content (AvgIpc) is 2.19. The summed E-state index contributed by atoms with van der Waals surface area (Å²) >= 11 is 0. The Balaban J connectivity index is 2.65. The Bertz CT molecular complexity index is 276. The molecule has 0 amide bonds. The summed E-state index contributed by atoms with van der Waals surface area (Å²) in [5.41, 5.74) is 1.22. The molecule has 1 aromatic heterocycles. The summed E-state index contributed by atoms with van der Waals surface area (Å²) in [4.78, 5) is 4.28. The van der Waals surface area contributed by atoms with Crippen LogP contribution in [0, 0.1) is 0 Å². The van der Waals surface area contributed by atoms with Crippen LogP contribution < -0.4 is 5.32 Å². The van der Waals surface area contributed by atoms with E-state index in [2.05, 4.69) is 23.3 Å². The number of aromatic nitrogens is 1. The summed E-state index contributed by atoms with van der Waals surface area (Å²) in [6.07, 6.45) is 2.79. The maximum absolute atomic E-state index is 5.39. The third-order valence-corrected chi connectivity index (χ3v) is 2.03. The Morgan fingerprint density at radius 2 is 2.29 bits per heavy atom. The normalized spacial score (nSPS) is 12.5. The molecule has 0 fully saturated rings. The Hall–Kier alpha value is -1.09. The van der Waals surface area contributed by atoms with Crippen LogP contribution in [0.5, 0.6) is 0 Å². The van der Waals surface area contributed by atoms with Crippen molar-refractivity contribution in [3.8, 4) is 0 Å². The van der Waals surface area contributed by atoms with Crippen molar-refractivity contribution in [1.82, 2.24) is 4.98 Å². The Kier molecular flexibility index (Phi) is 4.40. The first-order valence-electron chi connectivity index (χ1n) is 5.10. The van der Waals surface area contributed by atoms with E-state index in [9.17, 15) is 0 Å². The van der Waals surface area contributed by atoms with E-state index >= 15 is 0 Å². The monoisotopic (exact) mass is 194 g/mol. The zero-order valence-electron chi connectivity index (χ0n) is 9.08. The van der Waals surface area contributed by atoms with Crippen molar-refractivity contribution in [2.75, 3.05) is 11.9 Å². The van der Waals surface area contributed by atoms with Gasteiger partial charge in [-0.15, -0.1) is 0 Å². The van der Waals surface area contributed by atoms with Crippen molar-refractivity contribution >= 4 is 5.82 Å². The second kappa shape index (κ2) is 5.60. The Morgan fingerprint density at radius 3 is 2.93 bits per heavy atom. The number of anilines is 1. The molecule has 1 aromatic rings. The molecule has 0 aliphatic rings. The highest BCUT2D eigenvalue weighted by atomic mass is 16.5. The molecule has 0 bridgehead atoms. The minimum atomic E-state index is 0.0141.